The molecule has 1 aromatic heterocycles. The number of rotatable bonds is 6. The first-order chi connectivity index (χ1) is 9.77. The van der Waals surface area contributed by atoms with Gasteiger partial charge >= 0.3 is 5.97 Å². The Bertz CT molecular complexity index is 561. The Hall–Kier alpha value is -2.11. The lowest BCUT2D eigenvalue weighted by molar-refractivity contribution is -0.142. The fourth-order valence-corrected chi connectivity index (χ4v) is 2.07. The summed E-state index contributed by atoms with van der Waals surface area (Å²) < 4.78 is 1.74. The molecule has 1 aromatic rings. The van der Waals surface area contributed by atoms with Crippen molar-refractivity contribution >= 4 is 18.0 Å². The molecule has 21 heavy (non-hydrogen) atoms. The van der Waals surface area contributed by atoms with E-state index in [2.05, 4.69) is 10.4 Å². The maximum Gasteiger partial charge on any atom is 0.326 e. The van der Waals surface area contributed by atoms with Crippen molar-refractivity contribution in [3.05, 3.63) is 23.0 Å². The number of aliphatic carboxylic acids is 1. The molecule has 2 N–H and O–H groups in total. The van der Waals surface area contributed by atoms with Crippen LogP contribution in [0.5, 0.6) is 0 Å². The van der Waals surface area contributed by atoms with Gasteiger partial charge < -0.3 is 10.4 Å². The van der Waals surface area contributed by atoms with E-state index < -0.39 is 17.9 Å². The minimum atomic E-state index is -1.01. The molecule has 0 fully saturated rings. The summed E-state index contributed by atoms with van der Waals surface area (Å²) in [5.41, 5.74) is 2.66. The lowest BCUT2D eigenvalue weighted by Crippen LogP contribution is -2.44. The maximum absolute atomic E-state index is 11.9. The van der Waals surface area contributed by atoms with Gasteiger partial charge in [-0.25, -0.2) is 4.79 Å². The smallest absolute Gasteiger partial charge is 0.326 e. The van der Waals surface area contributed by atoms with Gasteiger partial charge in [-0.05, 0) is 25.8 Å². The lowest BCUT2D eigenvalue weighted by atomic mass is 9.99. The molecule has 0 spiro atoms. The summed E-state index contributed by atoms with van der Waals surface area (Å²) in [6, 6.07) is -0.872. The Kier molecular flexibility index (Phi) is 5.69. The van der Waals surface area contributed by atoms with Crippen molar-refractivity contribution in [1.29, 1.82) is 0 Å². The fraction of sp³-hybridized carbons (Fsp3) is 0.533. The van der Waals surface area contributed by atoms with E-state index in [0.29, 0.717) is 6.42 Å². The second-order valence-corrected chi connectivity index (χ2v) is 5.25. The molecule has 6 nitrogen and oxygen atoms in total. The summed E-state index contributed by atoms with van der Waals surface area (Å²) in [7, 11) is 1.84. The molecule has 0 aliphatic rings. The Labute approximate surface area is 124 Å². The second-order valence-electron chi connectivity index (χ2n) is 5.25. The third-order valence-electron chi connectivity index (χ3n) is 3.74. The number of nitrogens with one attached hydrogen (secondary N) is 1. The summed E-state index contributed by atoms with van der Waals surface area (Å²) in [4.78, 5) is 23.1. The average Bonchev–Trinajstić information content (AvgIpc) is 2.66. The molecular formula is C15H23N3O3. The zero-order valence-corrected chi connectivity index (χ0v) is 13.2. The molecule has 0 aliphatic carbocycles. The van der Waals surface area contributed by atoms with Crippen LogP contribution in [-0.2, 0) is 16.6 Å². The quantitative estimate of drug-likeness (QED) is 0.781. The van der Waals surface area contributed by atoms with E-state index in [1.54, 1.807) is 17.7 Å². The minimum Gasteiger partial charge on any atom is -0.480 e. The number of carbonyl (C=O) groups is 2. The van der Waals surface area contributed by atoms with Gasteiger partial charge in [0.25, 0.3) is 0 Å². The molecule has 1 rings (SSSR count). The fourth-order valence-electron chi connectivity index (χ4n) is 2.07. The molecule has 6 heteroatoms. The van der Waals surface area contributed by atoms with Crippen LogP contribution in [0.3, 0.4) is 0 Å². The molecule has 1 heterocycles. The van der Waals surface area contributed by atoms with Gasteiger partial charge in [0, 0.05) is 24.4 Å². The van der Waals surface area contributed by atoms with E-state index >= 15 is 0 Å². The molecule has 2 atom stereocenters. The highest BCUT2D eigenvalue weighted by Crippen LogP contribution is 2.13. The van der Waals surface area contributed by atoms with Gasteiger partial charge in [-0.3, -0.25) is 9.48 Å². The van der Waals surface area contributed by atoms with Gasteiger partial charge in [-0.2, -0.15) is 5.10 Å². The first kappa shape index (κ1) is 16.9. The number of nitrogens with zero attached hydrogens (tertiary/aromatic N) is 2. The number of carboxylic acid groups (broad SMARTS) is 1. The topological polar surface area (TPSA) is 84.2 Å². The zero-order chi connectivity index (χ0) is 16.2. The molecule has 0 aromatic carbocycles. The van der Waals surface area contributed by atoms with Crippen molar-refractivity contribution in [2.24, 2.45) is 13.0 Å². The van der Waals surface area contributed by atoms with E-state index in [9.17, 15) is 9.59 Å². The van der Waals surface area contributed by atoms with Crippen LogP contribution in [0.25, 0.3) is 6.08 Å². The Morgan fingerprint density at radius 1 is 1.43 bits per heavy atom. The lowest BCUT2D eigenvalue weighted by Gasteiger charge is -2.19. The molecule has 1 amide bonds. The SMILES string of the molecule is CCC(C)[C@H](NC(=O)C=Cc1c(C)nn(C)c1C)C(=O)O. The molecule has 0 aliphatic heterocycles. The number of hydrogen-bond donors (Lipinski definition) is 2. The van der Waals surface area contributed by atoms with Crippen LogP contribution in [0.15, 0.2) is 6.08 Å². The van der Waals surface area contributed by atoms with Crippen LogP contribution >= 0.6 is 0 Å². The highest BCUT2D eigenvalue weighted by molar-refractivity contribution is 5.94. The number of amides is 1. The largest absolute Gasteiger partial charge is 0.480 e. The molecule has 0 bridgehead atoms. The van der Waals surface area contributed by atoms with Crippen molar-refractivity contribution < 1.29 is 14.7 Å². The van der Waals surface area contributed by atoms with E-state index in [4.69, 9.17) is 5.11 Å². The monoisotopic (exact) mass is 293 g/mol. The average molecular weight is 293 g/mol. The van der Waals surface area contributed by atoms with Gasteiger partial charge in [0.15, 0.2) is 0 Å². The van der Waals surface area contributed by atoms with Gasteiger partial charge in [0.2, 0.25) is 5.91 Å². The zero-order valence-electron chi connectivity index (χ0n) is 13.2. The predicted octanol–water partition coefficient (Wildman–Crippen LogP) is 1.67. The minimum absolute atomic E-state index is 0.123. The molecule has 1 unspecified atom stereocenters. The van der Waals surface area contributed by atoms with Gasteiger partial charge in [-0.1, -0.05) is 20.3 Å². The van der Waals surface area contributed by atoms with E-state index in [0.717, 1.165) is 17.0 Å². The van der Waals surface area contributed by atoms with Crippen molar-refractivity contribution in [2.75, 3.05) is 0 Å². The van der Waals surface area contributed by atoms with Crippen LogP contribution in [0.4, 0.5) is 0 Å². The Morgan fingerprint density at radius 3 is 2.48 bits per heavy atom. The van der Waals surface area contributed by atoms with Crippen molar-refractivity contribution in [2.45, 2.75) is 40.2 Å². The standard InChI is InChI=1S/C15H23N3O3/c1-6-9(2)14(15(20)21)16-13(19)8-7-12-10(3)17-18(5)11(12)4/h7-9,14H,6H2,1-5H3,(H,16,19)(H,20,21)/t9?,14-/m0/s1. The predicted molar refractivity (Wildman–Crippen MR) is 80.7 cm³/mol. The highest BCUT2D eigenvalue weighted by atomic mass is 16.4. The summed E-state index contributed by atoms with van der Waals surface area (Å²) >= 11 is 0. The summed E-state index contributed by atoms with van der Waals surface area (Å²) in [6.45, 7) is 7.48. The molecule has 0 saturated carbocycles. The first-order valence-electron chi connectivity index (χ1n) is 6.99. The molecular weight excluding hydrogens is 270 g/mol. The van der Waals surface area contributed by atoms with Gasteiger partial charge in [-0.15, -0.1) is 0 Å². The number of hydrogen-bond acceptors (Lipinski definition) is 3. The van der Waals surface area contributed by atoms with E-state index in [1.807, 2.05) is 27.8 Å². The molecule has 0 radical (unpaired) electrons. The number of carboxylic acids is 1. The maximum atomic E-state index is 11.9. The first-order valence-corrected chi connectivity index (χ1v) is 6.99. The Balaban J connectivity index is 2.81. The summed E-state index contributed by atoms with van der Waals surface area (Å²) in [5.74, 6) is -1.55. The normalized spacial score (nSPS) is 14.1. The number of aryl methyl sites for hydroxylation is 2. The van der Waals surface area contributed by atoms with E-state index in [1.165, 1.54) is 6.08 Å². The van der Waals surface area contributed by atoms with E-state index in [-0.39, 0.29) is 5.92 Å². The number of aromatic nitrogens is 2. The Morgan fingerprint density at radius 2 is 2.05 bits per heavy atom. The van der Waals surface area contributed by atoms with Crippen LogP contribution in [0, 0.1) is 19.8 Å². The van der Waals surface area contributed by atoms with Crippen LogP contribution in [-0.4, -0.2) is 32.8 Å². The highest BCUT2D eigenvalue weighted by Gasteiger charge is 2.24. The van der Waals surface area contributed by atoms with Gasteiger partial charge in [0.05, 0.1) is 5.69 Å². The van der Waals surface area contributed by atoms with Crippen LogP contribution in [0.2, 0.25) is 0 Å². The van der Waals surface area contributed by atoms with Crippen molar-refractivity contribution in [3.63, 3.8) is 0 Å². The van der Waals surface area contributed by atoms with Crippen LogP contribution in [0.1, 0.15) is 37.2 Å². The van der Waals surface area contributed by atoms with Crippen LogP contribution < -0.4 is 5.32 Å². The number of carbonyl (C=O) groups excluding carboxylic acids is 1. The second kappa shape index (κ2) is 7.06. The third-order valence-corrected chi connectivity index (χ3v) is 3.74. The van der Waals surface area contributed by atoms with Gasteiger partial charge in [0.1, 0.15) is 6.04 Å². The third kappa shape index (κ3) is 4.18. The summed E-state index contributed by atoms with van der Waals surface area (Å²) in [6.07, 6.45) is 3.71. The molecule has 0 saturated heterocycles. The van der Waals surface area contributed by atoms with Crippen molar-refractivity contribution in [3.8, 4) is 0 Å². The van der Waals surface area contributed by atoms with Crippen molar-refractivity contribution in [1.82, 2.24) is 15.1 Å². The summed E-state index contributed by atoms with van der Waals surface area (Å²) in [5, 5.41) is 15.9. The molecule has 116 valence electrons.